The highest BCUT2D eigenvalue weighted by atomic mass is 16.6. The van der Waals surface area contributed by atoms with Crippen molar-refractivity contribution < 1.29 is 14.5 Å². The number of nitrogens with zero attached hydrogens (tertiary/aromatic N) is 4. The normalized spacial score (nSPS) is 18.3. The molecule has 9 heteroatoms. The van der Waals surface area contributed by atoms with Crippen LogP contribution < -0.4 is 10.2 Å². The van der Waals surface area contributed by atoms with E-state index in [0.717, 1.165) is 12.8 Å². The highest BCUT2D eigenvalue weighted by Gasteiger charge is 2.30. The fraction of sp³-hybridized carbons (Fsp3) is 0.667. The Kier molecular flexibility index (Phi) is 4.77. The van der Waals surface area contributed by atoms with Crippen molar-refractivity contribution in [3.05, 3.63) is 16.3 Å². The Morgan fingerprint density at radius 1 is 1.42 bits per heavy atom. The first-order chi connectivity index (χ1) is 11.6. The van der Waals surface area contributed by atoms with Gasteiger partial charge in [0.25, 0.3) is 0 Å². The summed E-state index contributed by atoms with van der Waals surface area (Å²) < 4.78 is 5.06. The van der Waals surface area contributed by atoms with E-state index in [1.165, 1.54) is 6.20 Å². The molecule has 130 valence electrons. The average Bonchev–Trinajstić information content (AvgIpc) is 3.39. The zero-order chi connectivity index (χ0) is 17.1. The van der Waals surface area contributed by atoms with Crippen LogP contribution in [-0.2, 0) is 9.53 Å². The zero-order valence-electron chi connectivity index (χ0n) is 13.6. The van der Waals surface area contributed by atoms with E-state index in [1.54, 1.807) is 6.92 Å². The molecular formula is C15H21N5O4. The molecular weight excluding hydrogens is 314 g/mol. The molecule has 1 aliphatic heterocycles. The van der Waals surface area contributed by atoms with Gasteiger partial charge in [0.1, 0.15) is 6.20 Å². The topological polar surface area (TPSA) is 110 Å². The van der Waals surface area contributed by atoms with Crippen LogP contribution in [0.1, 0.15) is 32.6 Å². The van der Waals surface area contributed by atoms with Crippen molar-refractivity contribution in [2.75, 3.05) is 29.9 Å². The largest absolute Gasteiger partial charge is 0.466 e. The molecule has 2 fully saturated rings. The van der Waals surface area contributed by atoms with E-state index in [9.17, 15) is 14.9 Å². The van der Waals surface area contributed by atoms with Gasteiger partial charge in [-0.15, -0.1) is 0 Å². The van der Waals surface area contributed by atoms with Gasteiger partial charge >= 0.3 is 11.7 Å². The van der Waals surface area contributed by atoms with Gasteiger partial charge in [-0.25, -0.2) is 4.98 Å². The number of anilines is 2. The first-order valence-electron chi connectivity index (χ1n) is 8.28. The molecule has 0 spiro atoms. The second-order valence-corrected chi connectivity index (χ2v) is 6.09. The summed E-state index contributed by atoms with van der Waals surface area (Å²) >= 11 is 0. The Hall–Kier alpha value is -2.45. The highest BCUT2D eigenvalue weighted by molar-refractivity contribution is 5.72. The van der Waals surface area contributed by atoms with Gasteiger partial charge in [0.2, 0.25) is 11.8 Å². The summed E-state index contributed by atoms with van der Waals surface area (Å²) in [5, 5.41) is 14.2. The molecule has 1 aromatic rings. The predicted octanol–water partition coefficient (Wildman–Crippen LogP) is 1.74. The first kappa shape index (κ1) is 16.4. The fourth-order valence-electron chi connectivity index (χ4n) is 2.75. The highest BCUT2D eigenvalue weighted by Crippen LogP contribution is 2.31. The maximum atomic E-state index is 11.8. The van der Waals surface area contributed by atoms with Crippen LogP contribution in [0.2, 0.25) is 0 Å². The van der Waals surface area contributed by atoms with Crippen LogP contribution in [0, 0.1) is 16.0 Å². The summed E-state index contributed by atoms with van der Waals surface area (Å²) in [4.78, 5) is 32.9. The standard InChI is InChI=1S/C15H21N5O4/c1-2-24-14(21)10-5-7-19(8-6-10)15-16-9-12(20(22)23)13(18-15)17-11-3-4-11/h9-11H,2-8H2,1H3,(H,16,17,18). The van der Waals surface area contributed by atoms with Crippen LogP contribution in [0.3, 0.4) is 0 Å². The van der Waals surface area contributed by atoms with Crippen LogP contribution in [0.4, 0.5) is 17.5 Å². The van der Waals surface area contributed by atoms with Crippen LogP contribution in [0.15, 0.2) is 6.20 Å². The van der Waals surface area contributed by atoms with Crippen LogP contribution in [0.25, 0.3) is 0 Å². The number of hydrogen-bond donors (Lipinski definition) is 1. The second-order valence-electron chi connectivity index (χ2n) is 6.09. The minimum Gasteiger partial charge on any atom is -0.466 e. The van der Waals surface area contributed by atoms with E-state index < -0.39 is 4.92 Å². The van der Waals surface area contributed by atoms with Crippen molar-refractivity contribution in [2.45, 2.75) is 38.6 Å². The number of rotatable bonds is 6. The maximum Gasteiger partial charge on any atom is 0.329 e. The van der Waals surface area contributed by atoms with Crippen molar-refractivity contribution >= 4 is 23.4 Å². The molecule has 1 saturated carbocycles. The lowest BCUT2D eigenvalue weighted by molar-refractivity contribution is -0.384. The molecule has 0 unspecified atom stereocenters. The molecule has 9 nitrogen and oxygen atoms in total. The van der Waals surface area contributed by atoms with Crippen molar-refractivity contribution in [1.82, 2.24) is 9.97 Å². The van der Waals surface area contributed by atoms with Gasteiger partial charge < -0.3 is 15.0 Å². The third-order valence-corrected chi connectivity index (χ3v) is 4.27. The third-order valence-electron chi connectivity index (χ3n) is 4.27. The fourth-order valence-corrected chi connectivity index (χ4v) is 2.75. The van der Waals surface area contributed by atoms with Gasteiger partial charge in [0.05, 0.1) is 17.4 Å². The van der Waals surface area contributed by atoms with Crippen molar-refractivity contribution in [3.8, 4) is 0 Å². The molecule has 3 rings (SSSR count). The monoisotopic (exact) mass is 335 g/mol. The third kappa shape index (κ3) is 3.72. The molecule has 2 aliphatic rings. The number of ether oxygens (including phenoxy) is 1. The Labute approximate surface area is 139 Å². The lowest BCUT2D eigenvalue weighted by atomic mass is 9.97. The summed E-state index contributed by atoms with van der Waals surface area (Å²) in [6.45, 7) is 3.45. The molecule has 0 aromatic carbocycles. The van der Waals surface area contributed by atoms with Crippen LogP contribution in [-0.4, -0.2) is 46.6 Å². The SMILES string of the molecule is CCOC(=O)C1CCN(c2ncc([N+](=O)[O-])c(NC3CC3)n2)CC1. The van der Waals surface area contributed by atoms with Crippen molar-refractivity contribution in [2.24, 2.45) is 5.92 Å². The molecule has 0 atom stereocenters. The van der Waals surface area contributed by atoms with Crippen LogP contribution in [0.5, 0.6) is 0 Å². The number of aromatic nitrogens is 2. The minimum absolute atomic E-state index is 0.0942. The Morgan fingerprint density at radius 2 is 2.12 bits per heavy atom. The van der Waals surface area contributed by atoms with E-state index >= 15 is 0 Å². The maximum absolute atomic E-state index is 11.8. The predicted molar refractivity (Wildman–Crippen MR) is 86.9 cm³/mol. The summed E-state index contributed by atoms with van der Waals surface area (Å²) in [6, 6.07) is 0.265. The quantitative estimate of drug-likeness (QED) is 0.475. The molecule has 24 heavy (non-hydrogen) atoms. The van der Waals surface area contributed by atoms with Gasteiger partial charge in [-0.2, -0.15) is 4.98 Å². The first-order valence-corrected chi connectivity index (χ1v) is 8.28. The van der Waals surface area contributed by atoms with E-state index in [-0.39, 0.29) is 29.4 Å². The number of esters is 1. The average molecular weight is 335 g/mol. The van der Waals surface area contributed by atoms with Crippen molar-refractivity contribution in [1.29, 1.82) is 0 Å². The molecule has 1 aliphatic carbocycles. The summed E-state index contributed by atoms with van der Waals surface area (Å²) in [5.41, 5.74) is -0.105. The molecule has 1 aromatic heterocycles. The number of nitro groups is 1. The van der Waals surface area contributed by atoms with Gasteiger partial charge in [-0.3, -0.25) is 14.9 Å². The van der Waals surface area contributed by atoms with Crippen molar-refractivity contribution in [3.63, 3.8) is 0 Å². The zero-order valence-corrected chi connectivity index (χ0v) is 13.6. The minimum atomic E-state index is -0.471. The summed E-state index contributed by atoms with van der Waals surface area (Å²) in [5.74, 6) is 0.493. The lowest BCUT2D eigenvalue weighted by Gasteiger charge is -2.30. The van der Waals surface area contributed by atoms with E-state index in [0.29, 0.717) is 38.5 Å². The number of hydrogen-bond acceptors (Lipinski definition) is 8. The summed E-state index contributed by atoms with van der Waals surface area (Å²) in [7, 11) is 0. The lowest BCUT2D eigenvalue weighted by Crippen LogP contribution is -2.38. The molecule has 0 bridgehead atoms. The Bertz CT molecular complexity index is 626. The molecule has 2 heterocycles. The molecule has 1 N–H and O–H groups in total. The van der Waals surface area contributed by atoms with Gasteiger partial charge in [-0.1, -0.05) is 0 Å². The van der Waals surface area contributed by atoms with Gasteiger partial charge in [0, 0.05) is 19.1 Å². The smallest absolute Gasteiger partial charge is 0.329 e. The Morgan fingerprint density at radius 3 is 2.71 bits per heavy atom. The Balaban J connectivity index is 1.69. The second kappa shape index (κ2) is 6.98. The number of carbonyl (C=O) groups is 1. The number of carbonyl (C=O) groups excluding carboxylic acids is 1. The molecule has 1 saturated heterocycles. The summed E-state index contributed by atoms with van der Waals surface area (Å²) in [6.07, 6.45) is 4.60. The van der Waals surface area contributed by atoms with E-state index in [1.807, 2.05) is 4.90 Å². The van der Waals surface area contributed by atoms with Crippen LogP contribution >= 0.6 is 0 Å². The number of nitrogens with one attached hydrogen (secondary N) is 1. The molecule has 0 amide bonds. The van der Waals surface area contributed by atoms with E-state index in [4.69, 9.17) is 4.74 Å². The number of piperidine rings is 1. The van der Waals surface area contributed by atoms with Gasteiger partial charge in [-0.05, 0) is 32.6 Å². The van der Waals surface area contributed by atoms with Gasteiger partial charge in [0.15, 0.2) is 0 Å². The van der Waals surface area contributed by atoms with E-state index in [2.05, 4.69) is 15.3 Å². The molecule has 0 radical (unpaired) electrons.